The van der Waals surface area contributed by atoms with E-state index in [2.05, 4.69) is 5.32 Å². The fraction of sp³-hybridized carbons (Fsp3) is 0.200. The topological polar surface area (TPSA) is 55.2 Å². The Bertz CT molecular complexity index is 656. The van der Waals surface area contributed by atoms with Crippen molar-refractivity contribution in [2.45, 2.75) is 20.4 Å². The standard InChI is InChI=1S/C15H15ClN2O2/c1-10-3-6-14(7-11(10)2)17-9-12-4-5-13(16)8-15(12)18(19)20/h3-8,17H,9H2,1-2H3. The summed E-state index contributed by atoms with van der Waals surface area (Å²) in [6.45, 7) is 4.46. The Morgan fingerprint density at radius 2 is 1.90 bits per heavy atom. The lowest BCUT2D eigenvalue weighted by Gasteiger charge is -2.09. The van der Waals surface area contributed by atoms with Crippen molar-refractivity contribution in [1.29, 1.82) is 0 Å². The van der Waals surface area contributed by atoms with Gasteiger partial charge in [0.1, 0.15) is 0 Å². The number of nitro benzene ring substituents is 1. The van der Waals surface area contributed by atoms with Crippen molar-refractivity contribution in [3.8, 4) is 0 Å². The Hall–Kier alpha value is -2.07. The molecule has 0 aliphatic carbocycles. The van der Waals surface area contributed by atoms with E-state index >= 15 is 0 Å². The van der Waals surface area contributed by atoms with Crippen molar-refractivity contribution in [3.05, 3.63) is 68.2 Å². The van der Waals surface area contributed by atoms with E-state index in [1.165, 1.54) is 17.2 Å². The lowest BCUT2D eigenvalue weighted by Crippen LogP contribution is -2.03. The minimum atomic E-state index is -0.413. The second-order valence-electron chi connectivity index (χ2n) is 4.68. The zero-order chi connectivity index (χ0) is 14.7. The normalized spacial score (nSPS) is 10.3. The lowest BCUT2D eigenvalue weighted by molar-refractivity contribution is -0.385. The van der Waals surface area contributed by atoms with Crippen LogP contribution in [-0.4, -0.2) is 4.92 Å². The Balaban J connectivity index is 2.18. The predicted octanol–water partition coefficient (Wildman–Crippen LogP) is 4.48. The molecular formula is C15H15ClN2O2. The van der Waals surface area contributed by atoms with Gasteiger partial charge in [-0.15, -0.1) is 0 Å². The summed E-state index contributed by atoms with van der Waals surface area (Å²) in [7, 11) is 0. The third-order valence-electron chi connectivity index (χ3n) is 3.23. The van der Waals surface area contributed by atoms with Crippen LogP contribution in [0.1, 0.15) is 16.7 Å². The third-order valence-corrected chi connectivity index (χ3v) is 3.47. The summed E-state index contributed by atoms with van der Waals surface area (Å²) >= 11 is 5.79. The van der Waals surface area contributed by atoms with Crippen LogP contribution in [0.25, 0.3) is 0 Å². The first-order valence-corrected chi connectivity index (χ1v) is 6.59. The zero-order valence-corrected chi connectivity index (χ0v) is 12.1. The highest BCUT2D eigenvalue weighted by molar-refractivity contribution is 6.30. The molecule has 0 heterocycles. The molecule has 0 saturated heterocycles. The number of nitro groups is 1. The molecule has 104 valence electrons. The van der Waals surface area contributed by atoms with E-state index < -0.39 is 4.92 Å². The first-order valence-electron chi connectivity index (χ1n) is 6.21. The molecule has 5 heteroatoms. The van der Waals surface area contributed by atoms with Crippen LogP contribution < -0.4 is 5.32 Å². The highest BCUT2D eigenvalue weighted by Crippen LogP contribution is 2.24. The zero-order valence-electron chi connectivity index (χ0n) is 11.3. The quantitative estimate of drug-likeness (QED) is 0.667. The molecule has 0 radical (unpaired) electrons. The molecular weight excluding hydrogens is 276 g/mol. The van der Waals surface area contributed by atoms with E-state index in [1.54, 1.807) is 12.1 Å². The van der Waals surface area contributed by atoms with Gasteiger partial charge in [-0.25, -0.2) is 0 Å². The van der Waals surface area contributed by atoms with Crippen molar-refractivity contribution in [2.75, 3.05) is 5.32 Å². The average molecular weight is 291 g/mol. The summed E-state index contributed by atoms with van der Waals surface area (Å²) in [6, 6.07) is 10.7. The number of halogens is 1. The highest BCUT2D eigenvalue weighted by atomic mass is 35.5. The fourth-order valence-electron chi connectivity index (χ4n) is 1.91. The van der Waals surface area contributed by atoms with Crippen LogP contribution in [0.4, 0.5) is 11.4 Å². The lowest BCUT2D eigenvalue weighted by atomic mass is 10.1. The maximum atomic E-state index is 11.0. The Kier molecular flexibility index (Phi) is 4.25. The first-order chi connectivity index (χ1) is 9.47. The van der Waals surface area contributed by atoms with Crippen LogP contribution in [0.3, 0.4) is 0 Å². The van der Waals surface area contributed by atoms with Gasteiger partial charge in [0, 0.05) is 28.9 Å². The van der Waals surface area contributed by atoms with Crippen molar-refractivity contribution in [1.82, 2.24) is 0 Å². The SMILES string of the molecule is Cc1ccc(NCc2ccc(Cl)cc2[N+](=O)[O-])cc1C. The molecule has 0 aliphatic heterocycles. The van der Waals surface area contributed by atoms with Gasteiger partial charge >= 0.3 is 0 Å². The molecule has 0 aromatic heterocycles. The fourth-order valence-corrected chi connectivity index (χ4v) is 2.07. The van der Waals surface area contributed by atoms with Crippen LogP contribution in [0.5, 0.6) is 0 Å². The van der Waals surface area contributed by atoms with E-state index in [-0.39, 0.29) is 5.69 Å². The van der Waals surface area contributed by atoms with Crippen LogP contribution in [0, 0.1) is 24.0 Å². The Morgan fingerprint density at radius 3 is 2.55 bits per heavy atom. The predicted molar refractivity (Wildman–Crippen MR) is 81.3 cm³/mol. The van der Waals surface area contributed by atoms with E-state index in [0.29, 0.717) is 17.1 Å². The van der Waals surface area contributed by atoms with Gasteiger partial charge in [0.15, 0.2) is 0 Å². The van der Waals surface area contributed by atoms with Gasteiger partial charge in [-0.05, 0) is 49.2 Å². The van der Waals surface area contributed by atoms with Crippen LogP contribution in [0.15, 0.2) is 36.4 Å². The van der Waals surface area contributed by atoms with Crippen molar-refractivity contribution in [3.63, 3.8) is 0 Å². The van der Waals surface area contributed by atoms with Crippen LogP contribution in [-0.2, 0) is 6.54 Å². The molecule has 0 bridgehead atoms. The molecule has 0 saturated carbocycles. The summed E-state index contributed by atoms with van der Waals surface area (Å²) in [6.07, 6.45) is 0. The minimum absolute atomic E-state index is 0.0360. The number of nitrogens with zero attached hydrogens (tertiary/aromatic N) is 1. The number of hydrogen-bond donors (Lipinski definition) is 1. The highest BCUT2D eigenvalue weighted by Gasteiger charge is 2.13. The number of anilines is 1. The number of rotatable bonds is 4. The van der Waals surface area contributed by atoms with Gasteiger partial charge < -0.3 is 5.32 Å². The molecule has 0 fully saturated rings. The summed E-state index contributed by atoms with van der Waals surface area (Å²) in [4.78, 5) is 10.6. The van der Waals surface area contributed by atoms with Gasteiger partial charge in [-0.1, -0.05) is 17.7 Å². The van der Waals surface area contributed by atoms with Gasteiger partial charge in [-0.3, -0.25) is 10.1 Å². The van der Waals surface area contributed by atoms with E-state index in [9.17, 15) is 10.1 Å². The van der Waals surface area contributed by atoms with Gasteiger partial charge in [0.25, 0.3) is 5.69 Å². The van der Waals surface area contributed by atoms with Gasteiger partial charge in [0.2, 0.25) is 0 Å². The molecule has 0 aliphatic rings. The van der Waals surface area contributed by atoms with E-state index in [4.69, 9.17) is 11.6 Å². The first kappa shape index (κ1) is 14.3. The maximum Gasteiger partial charge on any atom is 0.275 e. The maximum absolute atomic E-state index is 11.0. The molecule has 1 N–H and O–H groups in total. The summed E-state index contributed by atoms with van der Waals surface area (Å²) in [5.74, 6) is 0. The minimum Gasteiger partial charge on any atom is -0.381 e. The second-order valence-corrected chi connectivity index (χ2v) is 5.12. The number of aryl methyl sites for hydroxylation is 2. The number of nitrogens with one attached hydrogen (secondary N) is 1. The van der Waals surface area contributed by atoms with Crippen molar-refractivity contribution >= 4 is 23.0 Å². The number of hydrogen-bond acceptors (Lipinski definition) is 3. The summed E-state index contributed by atoms with van der Waals surface area (Å²) in [5, 5.41) is 14.6. The average Bonchev–Trinajstić information content (AvgIpc) is 2.41. The largest absolute Gasteiger partial charge is 0.381 e. The molecule has 0 atom stereocenters. The molecule has 2 aromatic carbocycles. The molecule has 2 aromatic rings. The molecule has 4 nitrogen and oxygen atoms in total. The van der Waals surface area contributed by atoms with Crippen LogP contribution >= 0.6 is 11.6 Å². The molecule has 0 amide bonds. The molecule has 0 spiro atoms. The van der Waals surface area contributed by atoms with Gasteiger partial charge in [0.05, 0.1) is 4.92 Å². The van der Waals surface area contributed by atoms with Crippen LogP contribution in [0.2, 0.25) is 5.02 Å². The second kappa shape index (κ2) is 5.92. The monoisotopic (exact) mass is 290 g/mol. The summed E-state index contributed by atoms with van der Waals surface area (Å²) < 4.78 is 0. The van der Waals surface area contributed by atoms with E-state index in [0.717, 1.165) is 5.69 Å². The smallest absolute Gasteiger partial charge is 0.275 e. The Morgan fingerprint density at radius 1 is 1.15 bits per heavy atom. The third kappa shape index (κ3) is 3.27. The molecule has 20 heavy (non-hydrogen) atoms. The summed E-state index contributed by atoms with van der Waals surface area (Å²) in [5.41, 5.74) is 3.98. The van der Waals surface area contributed by atoms with Crippen molar-refractivity contribution < 1.29 is 4.92 Å². The number of benzene rings is 2. The van der Waals surface area contributed by atoms with E-state index in [1.807, 2.05) is 32.0 Å². The Labute approximate surface area is 122 Å². The molecule has 0 unspecified atom stereocenters. The van der Waals surface area contributed by atoms with Gasteiger partial charge in [-0.2, -0.15) is 0 Å². The molecule has 2 rings (SSSR count). The van der Waals surface area contributed by atoms with Crippen molar-refractivity contribution in [2.24, 2.45) is 0 Å².